The minimum absolute atomic E-state index is 0.00249. The van der Waals surface area contributed by atoms with Gasteiger partial charge in [0.15, 0.2) is 11.5 Å². The molecule has 0 spiro atoms. The topological polar surface area (TPSA) is 74.5 Å². The molecule has 0 radical (unpaired) electrons. The lowest BCUT2D eigenvalue weighted by molar-refractivity contribution is 0.373. The number of rotatable bonds is 5. The molecule has 0 aliphatic rings. The Kier molecular flexibility index (Phi) is 4.52. The number of anilines is 1. The van der Waals surface area contributed by atoms with Gasteiger partial charge in [0, 0.05) is 11.8 Å². The Hall–Kier alpha value is -2.87. The Labute approximate surface area is 123 Å². The van der Waals surface area contributed by atoms with Gasteiger partial charge in [-0.2, -0.15) is 5.26 Å². The van der Waals surface area contributed by atoms with Crippen LogP contribution in [0.5, 0.6) is 17.2 Å². The molecule has 2 rings (SSSR count). The normalized spacial score (nSPS) is 11.3. The third-order valence-corrected chi connectivity index (χ3v) is 3.05. The van der Waals surface area contributed by atoms with Gasteiger partial charge in [0.25, 0.3) is 0 Å². The summed E-state index contributed by atoms with van der Waals surface area (Å²) in [5.41, 5.74) is 1.41. The van der Waals surface area contributed by atoms with E-state index < -0.39 is 6.04 Å². The van der Waals surface area contributed by atoms with Crippen LogP contribution in [0.1, 0.15) is 11.6 Å². The van der Waals surface area contributed by atoms with Crippen LogP contribution < -0.4 is 14.8 Å². The largest absolute Gasteiger partial charge is 0.504 e. The molecule has 1 atom stereocenters. The first kappa shape index (κ1) is 14.5. The van der Waals surface area contributed by atoms with Crippen molar-refractivity contribution in [3.8, 4) is 23.3 Å². The fourth-order valence-corrected chi connectivity index (χ4v) is 1.96. The predicted molar refractivity (Wildman–Crippen MR) is 79.6 cm³/mol. The van der Waals surface area contributed by atoms with Crippen LogP contribution in [0.25, 0.3) is 0 Å². The van der Waals surface area contributed by atoms with Crippen molar-refractivity contribution in [2.75, 3.05) is 19.5 Å². The maximum Gasteiger partial charge on any atom is 0.160 e. The summed E-state index contributed by atoms with van der Waals surface area (Å²) in [5, 5.41) is 22.2. The first-order valence-corrected chi connectivity index (χ1v) is 6.35. The summed E-state index contributed by atoms with van der Waals surface area (Å²) in [6.07, 6.45) is 0. The Bertz CT molecular complexity index is 665. The van der Waals surface area contributed by atoms with Gasteiger partial charge in [-0.05, 0) is 29.8 Å². The molecule has 0 heterocycles. The van der Waals surface area contributed by atoms with Crippen LogP contribution in [-0.2, 0) is 0 Å². The van der Waals surface area contributed by atoms with E-state index in [1.165, 1.54) is 13.2 Å². The van der Waals surface area contributed by atoms with E-state index >= 15 is 0 Å². The number of methoxy groups -OCH3 is 2. The van der Waals surface area contributed by atoms with Crippen molar-refractivity contribution in [3.63, 3.8) is 0 Å². The Balaban J connectivity index is 2.23. The van der Waals surface area contributed by atoms with Crippen molar-refractivity contribution in [2.45, 2.75) is 6.04 Å². The van der Waals surface area contributed by atoms with E-state index in [4.69, 9.17) is 9.47 Å². The van der Waals surface area contributed by atoms with Crippen molar-refractivity contribution in [1.29, 1.82) is 5.26 Å². The van der Waals surface area contributed by atoms with E-state index in [1.54, 1.807) is 25.3 Å². The van der Waals surface area contributed by atoms with Crippen LogP contribution in [0.3, 0.4) is 0 Å². The Morgan fingerprint density at radius 3 is 2.57 bits per heavy atom. The third-order valence-electron chi connectivity index (χ3n) is 3.05. The highest BCUT2D eigenvalue weighted by atomic mass is 16.5. The Morgan fingerprint density at radius 2 is 1.95 bits per heavy atom. The van der Waals surface area contributed by atoms with Crippen molar-refractivity contribution in [1.82, 2.24) is 0 Å². The molecule has 2 aromatic rings. The molecule has 0 aliphatic carbocycles. The molecular formula is C16H16N2O3. The molecule has 5 heteroatoms. The van der Waals surface area contributed by atoms with Gasteiger partial charge >= 0.3 is 0 Å². The summed E-state index contributed by atoms with van der Waals surface area (Å²) in [5.74, 6) is 1.08. The van der Waals surface area contributed by atoms with Gasteiger partial charge in [0.2, 0.25) is 0 Å². The van der Waals surface area contributed by atoms with Crippen LogP contribution in [0.4, 0.5) is 5.69 Å². The van der Waals surface area contributed by atoms with Crippen LogP contribution in [-0.4, -0.2) is 19.3 Å². The van der Waals surface area contributed by atoms with Crippen LogP contribution >= 0.6 is 0 Å². The maximum absolute atomic E-state index is 9.80. The molecule has 21 heavy (non-hydrogen) atoms. The second-order valence-corrected chi connectivity index (χ2v) is 4.37. The highest BCUT2D eigenvalue weighted by Crippen LogP contribution is 2.30. The van der Waals surface area contributed by atoms with Crippen molar-refractivity contribution < 1.29 is 14.6 Å². The van der Waals surface area contributed by atoms with E-state index in [1.807, 2.05) is 18.2 Å². The number of nitrogens with zero attached hydrogens (tertiary/aromatic N) is 1. The lowest BCUT2D eigenvalue weighted by Crippen LogP contribution is -2.08. The molecular weight excluding hydrogens is 268 g/mol. The molecule has 0 bridgehead atoms. The first-order chi connectivity index (χ1) is 10.2. The highest BCUT2D eigenvalue weighted by molar-refractivity contribution is 5.52. The second-order valence-electron chi connectivity index (χ2n) is 4.37. The number of hydrogen-bond donors (Lipinski definition) is 2. The van der Waals surface area contributed by atoms with Crippen molar-refractivity contribution in [3.05, 3.63) is 48.0 Å². The van der Waals surface area contributed by atoms with Gasteiger partial charge in [-0.3, -0.25) is 0 Å². The summed E-state index contributed by atoms with van der Waals surface area (Å²) < 4.78 is 10.1. The number of ether oxygens (including phenoxy) is 2. The highest BCUT2D eigenvalue weighted by Gasteiger charge is 2.13. The SMILES string of the molecule is COc1cccc(NC(C#N)c2ccc(OC)c(O)c2)c1. The van der Waals surface area contributed by atoms with Gasteiger partial charge < -0.3 is 19.9 Å². The smallest absolute Gasteiger partial charge is 0.160 e. The molecule has 108 valence electrons. The summed E-state index contributed by atoms with van der Waals surface area (Å²) in [6, 6.07) is 13.8. The van der Waals surface area contributed by atoms with E-state index in [0.717, 1.165) is 5.69 Å². The molecule has 5 nitrogen and oxygen atoms in total. The summed E-state index contributed by atoms with van der Waals surface area (Å²) in [4.78, 5) is 0. The van der Waals surface area contributed by atoms with E-state index in [9.17, 15) is 10.4 Å². The number of benzene rings is 2. The third kappa shape index (κ3) is 3.37. The molecule has 2 aromatic carbocycles. The fraction of sp³-hybridized carbons (Fsp3) is 0.188. The van der Waals surface area contributed by atoms with Gasteiger partial charge in [-0.25, -0.2) is 0 Å². The molecule has 0 fully saturated rings. The minimum atomic E-state index is -0.589. The van der Waals surface area contributed by atoms with Crippen LogP contribution in [0.15, 0.2) is 42.5 Å². The van der Waals surface area contributed by atoms with Crippen LogP contribution in [0, 0.1) is 11.3 Å². The molecule has 2 N–H and O–H groups in total. The lowest BCUT2D eigenvalue weighted by atomic mass is 10.1. The second kappa shape index (κ2) is 6.53. The lowest BCUT2D eigenvalue weighted by Gasteiger charge is -2.15. The molecule has 1 unspecified atom stereocenters. The van der Waals surface area contributed by atoms with E-state index in [2.05, 4.69) is 11.4 Å². The molecule has 0 saturated carbocycles. The van der Waals surface area contributed by atoms with Gasteiger partial charge in [-0.1, -0.05) is 12.1 Å². The molecule has 0 aromatic heterocycles. The van der Waals surface area contributed by atoms with Gasteiger partial charge in [0.1, 0.15) is 11.8 Å². The number of hydrogen-bond acceptors (Lipinski definition) is 5. The van der Waals surface area contributed by atoms with Crippen molar-refractivity contribution >= 4 is 5.69 Å². The average Bonchev–Trinajstić information content (AvgIpc) is 2.52. The molecule has 0 aliphatic heterocycles. The van der Waals surface area contributed by atoms with Gasteiger partial charge in [0.05, 0.1) is 20.3 Å². The number of phenols is 1. The molecule has 0 saturated heterocycles. The standard InChI is InChI=1S/C16H16N2O3/c1-20-13-5-3-4-12(9-13)18-14(10-17)11-6-7-16(21-2)15(19)8-11/h3-9,14,18-19H,1-2H3. The number of aromatic hydroxyl groups is 1. The summed E-state index contributed by atoms with van der Waals surface area (Å²) in [6.45, 7) is 0. The number of nitriles is 1. The zero-order chi connectivity index (χ0) is 15.2. The van der Waals surface area contributed by atoms with E-state index in [0.29, 0.717) is 17.1 Å². The fourth-order valence-electron chi connectivity index (χ4n) is 1.96. The minimum Gasteiger partial charge on any atom is -0.504 e. The predicted octanol–water partition coefficient (Wildman–Crippen LogP) is 3.09. The monoisotopic (exact) mass is 284 g/mol. The molecule has 0 amide bonds. The summed E-state index contributed by atoms with van der Waals surface area (Å²) >= 11 is 0. The Morgan fingerprint density at radius 1 is 1.14 bits per heavy atom. The zero-order valence-electron chi connectivity index (χ0n) is 11.8. The average molecular weight is 284 g/mol. The number of phenolic OH excluding ortho intramolecular Hbond substituents is 1. The maximum atomic E-state index is 9.80. The quantitative estimate of drug-likeness (QED) is 0.882. The number of nitrogens with one attached hydrogen (secondary N) is 1. The zero-order valence-corrected chi connectivity index (χ0v) is 11.8. The first-order valence-electron chi connectivity index (χ1n) is 6.35. The van der Waals surface area contributed by atoms with E-state index in [-0.39, 0.29) is 5.75 Å². The van der Waals surface area contributed by atoms with Crippen molar-refractivity contribution in [2.24, 2.45) is 0 Å². The van der Waals surface area contributed by atoms with Crippen LogP contribution in [0.2, 0.25) is 0 Å². The van der Waals surface area contributed by atoms with Gasteiger partial charge in [-0.15, -0.1) is 0 Å². The summed E-state index contributed by atoms with van der Waals surface area (Å²) in [7, 11) is 3.06.